The van der Waals surface area contributed by atoms with E-state index in [-0.39, 0.29) is 11.8 Å². The number of likely N-dealkylation sites (N-methyl/N-ethyl adjacent to an activating group) is 1. The lowest BCUT2D eigenvalue weighted by atomic mass is 9.84. The number of carbonyl (C=O) groups excluding carboxylic acids is 1. The lowest BCUT2D eigenvalue weighted by Gasteiger charge is -2.32. The average molecular weight is 262 g/mol. The summed E-state index contributed by atoms with van der Waals surface area (Å²) in [4.78, 5) is 11.7. The number of rotatable bonds is 6. The minimum atomic E-state index is -0.542. The summed E-state index contributed by atoms with van der Waals surface area (Å²) < 4.78 is 5.71. The molecule has 2 unspecified atom stereocenters. The summed E-state index contributed by atoms with van der Waals surface area (Å²) in [6, 6.07) is 9.74. The molecule has 2 atom stereocenters. The van der Waals surface area contributed by atoms with Crippen molar-refractivity contribution in [3.05, 3.63) is 30.3 Å². The topological polar surface area (TPSA) is 64.3 Å². The molecule has 0 aliphatic heterocycles. The van der Waals surface area contributed by atoms with Gasteiger partial charge in [0.05, 0.1) is 6.61 Å². The minimum absolute atomic E-state index is 0.239. The van der Waals surface area contributed by atoms with Crippen molar-refractivity contribution in [2.75, 3.05) is 13.7 Å². The van der Waals surface area contributed by atoms with Crippen LogP contribution in [-0.2, 0) is 4.79 Å². The van der Waals surface area contributed by atoms with E-state index < -0.39 is 5.54 Å². The van der Waals surface area contributed by atoms with Crippen LogP contribution in [0.4, 0.5) is 0 Å². The summed E-state index contributed by atoms with van der Waals surface area (Å²) >= 11 is 0. The van der Waals surface area contributed by atoms with E-state index in [1.54, 1.807) is 0 Å². The highest BCUT2D eigenvalue weighted by Gasteiger charge is 2.46. The number of nitrogens with one attached hydrogen (secondary N) is 1. The van der Waals surface area contributed by atoms with Crippen LogP contribution in [0.25, 0.3) is 0 Å². The number of amides is 1. The van der Waals surface area contributed by atoms with E-state index in [4.69, 9.17) is 10.5 Å². The molecule has 2 rings (SSSR count). The van der Waals surface area contributed by atoms with Gasteiger partial charge in [-0.1, -0.05) is 24.6 Å². The van der Waals surface area contributed by atoms with Crippen molar-refractivity contribution in [3.63, 3.8) is 0 Å². The smallest absolute Gasteiger partial charge is 0.238 e. The Balaban J connectivity index is 1.90. The molecule has 0 radical (unpaired) electrons. The Labute approximate surface area is 114 Å². The SMILES string of the molecule is CNC1(C(N)=O)CCCC1CCOc1ccccc1. The third-order valence-corrected chi connectivity index (χ3v) is 4.18. The normalized spacial score (nSPS) is 26.3. The second-order valence-electron chi connectivity index (χ2n) is 5.12. The fourth-order valence-electron chi connectivity index (χ4n) is 3.08. The second kappa shape index (κ2) is 6.06. The molecule has 0 aromatic heterocycles. The van der Waals surface area contributed by atoms with Crippen LogP contribution in [0.1, 0.15) is 25.7 Å². The van der Waals surface area contributed by atoms with E-state index in [9.17, 15) is 4.79 Å². The minimum Gasteiger partial charge on any atom is -0.494 e. The molecular weight excluding hydrogens is 240 g/mol. The Kier molecular flexibility index (Phi) is 4.43. The van der Waals surface area contributed by atoms with Gasteiger partial charge in [0.1, 0.15) is 11.3 Å². The third-order valence-electron chi connectivity index (χ3n) is 4.18. The summed E-state index contributed by atoms with van der Waals surface area (Å²) in [5, 5.41) is 3.15. The van der Waals surface area contributed by atoms with Crippen LogP contribution in [0.3, 0.4) is 0 Å². The lowest BCUT2D eigenvalue weighted by molar-refractivity contribution is -0.125. The number of primary amides is 1. The van der Waals surface area contributed by atoms with E-state index in [1.165, 1.54) is 0 Å². The van der Waals surface area contributed by atoms with Crippen molar-refractivity contribution in [2.45, 2.75) is 31.2 Å². The molecule has 4 heteroatoms. The Morgan fingerprint density at radius 3 is 2.84 bits per heavy atom. The summed E-state index contributed by atoms with van der Waals surface area (Å²) in [5.74, 6) is 0.894. The van der Waals surface area contributed by atoms with Crippen LogP contribution in [-0.4, -0.2) is 25.1 Å². The number of carbonyl (C=O) groups is 1. The second-order valence-corrected chi connectivity index (χ2v) is 5.12. The van der Waals surface area contributed by atoms with Gasteiger partial charge in [-0.15, -0.1) is 0 Å². The molecule has 0 bridgehead atoms. The number of nitrogens with two attached hydrogens (primary N) is 1. The first-order valence-corrected chi connectivity index (χ1v) is 6.86. The van der Waals surface area contributed by atoms with E-state index in [0.29, 0.717) is 6.61 Å². The Morgan fingerprint density at radius 2 is 2.21 bits per heavy atom. The van der Waals surface area contributed by atoms with Crippen LogP contribution in [0.15, 0.2) is 30.3 Å². The molecule has 1 saturated carbocycles. The number of benzene rings is 1. The fourth-order valence-corrected chi connectivity index (χ4v) is 3.08. The standard InChI is InChI=1S/C15H22N2O2/c1-17-15(14(16)18)10-5-6-12(15)9-11-19-13-7-3-2-4-8-13/h2-4,7-8,12,17H,5-6,9-11H2,1H3,(H2,16,18). The van der Waals surface area contributed by atoms with Crippen molar-refractivity contribution in [1.29, 1.82) is 0 Å². The van der Waals surface area contributed by atoms with Crippen LogP contribution in [0.2, 0.25) is 0 Å². The molecule has 0 saturated heterocycles. The maximum Gasteiger partial charge on any atom is 0.238 e. The van der Waals surface area contributed by atoms with Gasteiger partial charge in [0.25, 0.3) is 0 Å². The van der Waals surface area contributed by atoms with Gasteiger partial charge < -0.3 is 15.8 Å². The average Bonchev–Trinajstić information content (AvgIpc) is 2.84. The zero-order valence-corrected chi connectivity index (χ0v) is 11.4. The van der Waals surface area contributed by atoms with Gasteiger partial charge in [-0.25, -0.2) is 0 Å². The van der Waals surface area contributed by atoms with Crippen LogP contribution >= 0.6 is 0 Å². The lowest BCUT2D eigenvalue weighted by Crippen LogP contribution is -2.56. The van der Waals surface area contributed by atoms with Crippen LogP contribution in [0.5, 0.6) is 5.75 Å². The highest BCUT2D eigenvalue weighted by Crippen LogP contribution is 2.37. The number of para-hydroxylation sites is 1. The van der Waals surface area contributed by atoms with Crippen molar-refractivity contribution in [1.82, 2.24) is 5.32 Å². The van der Waals surface area contributed by atoms with Crippen LogP contribution in [0, 0.1) is 5.92 Å². The van der Waals surface area contributed by atoms with E-state index in [0.717, 1.165) is 31.4 Å². The molecule has 1 fully saturated rings. The molecule has 1 aromatic carbocycles. The highest BCUT2D eigenvalue weighted by molar-refractivity contribution is 5.85. The van der Waals surface area contributed by atoms with Gasteiger partial charge in [-0.3, -0.25) is 4.79 Å². The van der Waals surface area contributed by atoms with Crippen molar-refractivity contribution in [3.8, 4) is 5.75 Å². The van der Waals surface area contributed by atoms with E-state index in [1.807, 2.05) is 37.4 Å². The molecule has 4 nitrogen and oxygen atoms in total. The van der Waals surface area contributed by atoms with Crippen molar-refractivity contribution in [2.24, 2.45) is 11.7 Å². The number of hydrogen-bond donors (Lipinski definition) is 2. The number of hydrogen-bond acceptors (Lipinski definition) is 3. The first kappa shape index (κ1) is 13.9. The number of ether oxygens (including phenoxy) is 1. The highest BCUT2D eigenvalue weighted by atomic mass is 16.5. The third kappa shape index (κ3) is 2.89. The van der Waals surface area contributed by atoms with E-state index in [2.05, 4.69) is 5.32 Å². The molecule has 1 aliphatic carbocycles. The quantitative estimate of drug-likeness (QED) is 0.820. The maximum atomic E-state index is 11.7. The molecule has 104 valence electrons. The summed E-state index contributed by atoms with van der Waals surface area (Å²) in [5.41, 5.74) is 5.03. The van der Waals surface area contributed by atoms with Gasteiger partial charge in [0, 0.05) is 0 Å². The monoisotopic (exact) mass is 262 g/mol. The Hall–Kier alpha value is -1.55. The zero-order chi connectivity index (χ0) is 13.7. The Bertz CT molecular complexity index is 421. The molecule has 0 heterocycles. The van der Waals surface area contributed by atoms with Gasteiger partial charge in [-0.2, -0.15) is 0 Å². The fraction of sp³-hybridized carbons (Fsp3) is 0.533. The summed E-state index contributed by atoms with van der Waals surface area (Å²) in [6.45, 7) is 0.616. The molecule has 19 heavy (non-hydrogen) atoms. The summed E-state index contributed by atoms with van der Waals surface area (Å²) in [7, 11) is 1.82. The largest absolute Gasteiger partial charge is 0.494 e. The van der Waals surface area contributed by atoms with E-state index >= 15 is 0 Å². The van der Waals surface area contributed by atoms with Crippen LogP contribution < -0.4 is 15.8 Å². The summed E-state index contributed by atoms with van der Waals surface area (Å²) in [6.07, 6.45) is 3.75. The molecular formula is C15H22N2O2. The molecule has 1 aliphatic rings. The molecule has 1 amide bonds. The van der Waals surface area contributed by atoms with Gasteiger partial charge in [0.2, 0.25) is 5.91 Å². The zero-order valence-electron chi connectivity index (χ0n) is 11.4. The molecule has 0 spiro atoms. The van der Waals surface area contributed by atoms with Crippen molar-refractivity contribution >= 4 is 5.91 Å². The first-order valence-electron chi connectivity index (χ1n) is 6.86. The predicted octanol–water partition coefficient (Wildman–Crippen LogP) is 1.70. The maximum absolute atomic E-state index is 11.7. The molecule has 3 N–H and O–H groups in total. The van der Waals surface area contributed by atoms with Gasteiger partial charge >= 0.3 is 0 Å². The predicted molar refractivity (Wildman–Crippen MR) is 74.9 cm³/mol. The van der Waals surface area contributed by atoms with Crippen molar-refractivity contribution < 1.29 is 9.53 Å². The molecule has 1 aromatic rings. The van der Waals surface area contributed by atoms with Gasteiger partial charge in [0.15, 0.2) is 0 Å². The van der Waals surface area contributed by atoms with Gasteiger partial charge in [-0.05, 0) is 44.4 Å². The Morgan fingerprint density at radius 1 is 1.47 bits per heavy atom. The first-order chi connectivity index (χ1) is 9.19.